The summed E-state index contributed by atoms with van der Waals surface area (Å²) < 4.78 is 0. The lowest BCUT2D eigenvalue weighted by Crippen LogP contribution is -2.36. The Labute approximate surface area is 116 Å². The van der Waals surface area contributed by atoms with Crippen molar-refractivity contribution >= 4 is 29.1 Å². The summed E-state index contributed by atoms with van der Waals surface area (Å²) in [5.74, 6) is 0.113. The maximum absolute atomic E-state index is 11.7. The summed E-state index contributed by atoms with van der Waals surface area (Å²) in [5, 5.41) is 10.4. The molecule has 1 aliphatic heterocycles. The lowest BCUT2D eigenvalue weighted by atomic mass is 10.1. The van der Waals surface area contributed by atoms with Crippen LogP contribution in [-0.4, -0.2) is 35.1 Å². The van der Waals surface area contributed by atoms with Gasteiger partial charge >= 0.3 is 0 Å². The highest BCUT2D eigenvalue weighted by atomic mass is 35.5. The number of carbonyl (C=O) groups is 1. The van der Waals surface area contributed by atoms with Gasteiger partial charge in [0.05, 0.1) is 12.6 Å². The van der Waals surface area contributed by atoms with Gasteiger partial charge in [-0.05, 0) is 36.6 Å². The summed E-state index contributed by atoms with van der Waals surface area (Å²) in [6.07, 6.45) is 1.97. The first-order valence-electron chi connectivity index (χ1n) is 5.95. The van der Waals surface area contributed by atoms with Gasteiger partial charge < -0.3 is 10.0 Å². The molecule has 1 aromatic carbocycles. The van der Waals surface area contributed by atoms with E-state index in [4.69, 9.17) is 23.2 Å². The van der Waals surface area contributed by atoms with Crippen molar-refractivity contribution in [2.45, 2.75) is 25.3 Å². The molecule has 5 heteroatoms. The van der Waals surface area contributed by atoms with Crippen LogP contribution in [0.1, 0.15) is 18.4 Å². The predicted molar refractivity (Wildman–Crippen MR) is 72.0 cm³/mol. The molecule has 1 aromatic rings. The van der Waals surface area contributed by atoms with E-state index in [1.807, 2.05) is 12.1 Å². The number of rotatable bonds is 4. The normalized spacial score (nSPS) is 19.6. The fourth-order valence-corrected chi connectivity index (χ4v) is 2.87. The third kappa shape index (κ3) is 3.16. The van der Waals surface area contributed by atoms with E-state index in [-0.39, 0.29) is 18.6 Å². The lowest BCUT2D eigenvalue weighted by Gasteiger charge is -2.23. The van der Waals surface area contributed by atoms with Crippen molar-refractivity contribution in [2.24, 2.45) is 0 Å². The van der Waals surface area contributed by atoms with E-state index in [1.54, 1.807) is 11.0 Å². The molecular weight excluding hydrogens is 273 g/mol. The second kappa shape index (κ2) is 5.91. The van der Waals surface area contributed by atoms with Gasteiger partial charge in [0.25, 0.3) is 0 Å². The summed E-state index contributed by atoms with van der Waals surface area (Å²) in [6.45, 7) is 0.628. The standard InChI is InChI=1S/C13H15Cl2NO2/c14-10-5-9(6-11(15)7-10)3-4-16-12(8-17)1-2-13(16)18/h5-7,12,17H,1-4,8H2/t12-/m1/s1. The van der Waals surface area contributed by atoms with Crippen molar-refractivity contribution in [3.05, 3.63) is 33.8 Å². The van der Waals surface area contributed by atoms with Gasteiger partial charge in [-0.1, -0.05) is 23.2 Å². The zero-order valence-corrected chi connectivity index (χ0v) is 11.4. The van der Waals surface area contributed by atoms with E-state index in [9.17, 15) is 9.90 Å². The average molecular weight is 288 g/mol. The number of benzene rings is 1. The van der Waals surface area contributed by atoms with E-state index in [2.05, 4.69) is 0 Å². The number of hydrogen-bond acceptors (Lipinski definition) is 2. The summed E-state index contributed by atoms with van der Waals surface area (Å²) in [7, 11) is 0. The number of aliphatic hydroxyl groups excluding tert-OH is 1. The molecule has 18 heavy (non-hydrogen) atoms. The third-order valence-electron chi connectivity index (χ3n) is 3.23. The van der Waals surface area contributed by atoms with Crippen LogP contribution in [-0.2, 0) is 11.2 Å². The molecule has 1 fully saturated rings. The van der Waals surface area contributed by atoms with E-state index in [1.165, 1.54) is 0 Å². The molecular formula is C13H15Cl2NO2. The Morgan fingerprint density at radius 1 is 1.28 bits per heavy atom. The number of amides is 1. The van der Waals surface area contributed by atoms with Crippen molar-refractivity contribution in [2.75, 3.05) is 13.2 Å². The highest BCUT2D eigenvalue weighted by Gasteiger charge is 2.29. The first kappa shape index (κ1) is 13.7. The fraction of sp³-hybridized carbons (Fsp3) is 0.462. The van der Waals surface area contributed by atoms with Gasteiger partial charge in [-0.2, -0.15) is 0 Å². The van der Waals surface area contributed by atoms with Gasteiger partial charge in [-0.3, -0.25) is 4.79 Å². The van der Waals surface area contributed by atoms with Gasteiger partial charge in [-0.15, -0.1) is 0 Å². The zero-order valence-electron chi connectivity index (χ0n) is 9.90. The summed E-state index contributed by atoms with van der Waals surface area (Å²) in [5.41, 5.74) is 1.00. The van der Waals surface area contributed by atoms with E-state index >= 15 is 0 Å². The lowest BCUT2D eigenvalue weighted by molar-refractivity contribution is -0.129. The van der Waals surface area contributed by atoms with Crippen LogP contribution in [0.2, 0.25) is 10.0 Å². The first-order valence-corrected chi connectivity index (χ1v) is 6.71. The Kier molecular flexibility index (Phi) is 4.49. The topological polar surface area (TPSA) is 40.5 Å². The minimum atomic E-state index is -0.0350. The van der Waals surface area contributed by atoms with Gasteiger partial charge in [-0.25, -0.2) is 0 Å². The van der Waals surface area contributed by atoms with Gasteiger partial charge in [0.15, 0.2) is 0 Å². The fourth-order valence-electron chi connectivity index (χ4n) is 2.30. The molecule has 1 saturated heterocycles. The summed E-state index contributed by atoms with van der Waals surface area (Å²) >= 11 is 11.9. The van der Waals surface area contributed by atoms with Crippen LogP contribution in [0.5, 0.6) is 0 Å². The third-order valence-corrected chi connectivity index (χ3v) is 3.66. The Bertz CT molecular complexity index is 430. The van der Waals surface area contributed by atoms with Gasteiger partial charge in [0.1, 0.15) is 0 Å². The van der Waals surface area contributed by atoms with Crippen molar-refractivity contribution in [3.63, 3.8) is 0 Å². The molecule has 0 spiro atoms. The number of carbonyl (C=O) groups excluding carboxylic acids is 1. The molecule has 1 amide bonds. The minimum absolute atomic E-state index is 0.0298. The molecule has 0 aromatic heterocycles. The Balaban J connectivity index is 2.00. The molecule has 0 radical (unpaired) electrons. The predicted octanol–water partition coefficient (Wildman–Crippen LogP) is 2.52. The molecule has 98 valence electrons. The molecule has 0 unspecified atom stereocenters. The molecule has 1 heterocycles. The van der Waals surface area contributed by atoms with Crippen molar-refractivity contribution in [1.82, 2.24) is 4.90 Å². The maximum atomic E-state index is 11.7. The Hall–Kier alpha value is -0.770. The smallest absolute Gasteiger partial charge is 0.222 e. The Morgan fingerprint density at radius 3 is 2.56 bits per heavy atom. The minimum Gasteiger partial charge on any atom is -0.394 e. The van der Waals surface area contributed by atoms with Gasteiger partial charge in [0, 0.05) is 23.0 Å². The van der Waals surface area contributed by atoms with Crippen molar-refractivity contribution in [3.8, 4) is 0 Å². The van der Waals surface area contributed by atoms with Crippen LogP contribution in [0.25, 0.3) is 0 Å². The van der Waals surface area contributed by atoms with Crippen LogP contribution < -0.4 is 0 Å². The molecule has 3 nitrogen and oxygen atoms in total. The van der Waals surface area contributed by atoms with Crippen LogP contribution in [0.15, 0.2) is 18.2 Å². The quantitative estimate of drug-likeness (QED) is 0.925. The summed E-state index contributed by atoms with van der Waals surface area (Å²) in [4.78, 5) is 13.4. The number of hydrogen-bond donors (Lipinski definition) is 1. The van der Waals surface area contributed by atoms with E-state index in [0.29, 0.717) is 29.4 Å². The van der Waals surface area contributed by atoms with E-state index in [0.717, 1.165) is 12.0 Å². The van der Waals surface area contributed by atoms with Crippen molar-refractivity contribution in [1.29, 1.82) is 0 Å². The second-order valence-electron chi connectivity index (χ2n) is 4.49. The molecule has 0 aliphatic carbocycles. The SMILES string of the molecule is O=C1CC[C@H](CO)N1CCc1cc(Cl)cc(Cl)c1. The molecule has 0 bridgehead atoms. The molecule has 0 saturated carbocycles. The molecule has 1 N–H and O–H groups in total. The maximum Gasteiger partial charge on any atom is 0.222 e. The zero-order chi connectivity index (χ0) is 13.1. The largest absolute Gasteiger partial charge is 0.394 e. The molecule has 2 rings (SSSR count). The first-order chi connectivity index (χ1) is 8.60. The monoisotopic (exact) mass is 287 g/mol. The highest BCUT2D eigenvalue weighted by Crippen LogP contribution is 2.22. The Morgan fingerprint density at radius 2 is 1.94 bits per heavy atom. The van der Waals surface area contributed by atoms with Crippen molar-refractivity contribution < 1.29 is 9.90 Å². The average Bonchev–Trinajstić information content (AvgIpc) is 2.66. The number of nitrogens with zero attached hydrogens (tertiary/aromatic N) is 1. The number of halogens is 2. The summed E-state index contributed by atoms with van der Waals surface area (Å²) in [6, 6.07) is 5.35. The van der Waals surface area contributed by atoms with Crippen LogP contribution in [0.4, 0.5) is 0 Å². The van der Waals surface area contributed by atoms with Crippen LogP contribution in [0, 0.1) is 0 Å². The van der Waals surface area contributed by atoms with Crippen LogP contribution in [0.3, 0.4) is 0 Å². The van der Waals surface area contributed by atoms with E-state index < -0.39 is 0 Å². The van der Waals surface area contributed by atoms with Crippen LogP contribution >= 0.6 is 23.2 Å². The number of likely N-dealkylation sites (tertiary alicyclic amines) is 1. The highest BCUT2D eigenvalue weighted by molar-refractivity contribution is 6.34. The molecule has 1 aliphatic rings. The molecule has 1 atom stereocenters. The number of aliphatic hydroxyl groups is 1. The van der Waals surface area contributed by atoms with Gasteiger partial charge in [0.2, 0.25) is 5.91 Å². The second-order valence-corrected chi connectivity index (χ2v) is 5.36.